The Bertz CT molecular complexity index is 557. The van der Waals surface area contributed by atoms with Gasteiger partial charge in [-0.1, -0.05) is 0 Å². The smallest absolute Gasteiger partial charge is 0.157 e. The number of aryl methyl sites for hydroxylation is 1. The number of anilines is 1. The van der Waals surface area contributed by atoms with Crippen LogP contribution in [-0.4, -0.2) is 28.6 Å². The van der Waals surface area contributed by atoms with E-state index in [1.54, 1.807) is 6.20 Å². The monoisotopic (exact) mass is 258 g/mol. The maximum Gasteiger partial charge on any atom is 0.157 e. The molecule has 0 saturated heterocycles. The number of pyridine rings is 1. The molecule has 0 unspecified atom stereocenters. The lowest BCUT2D eigenvalue weighted by Gasteiger charge is -2.08. The van der Waals surface area contributed by atoms with Crippen LogP contribution in [0.4, 0.5) is 5.82 Å². The number of rotatable bonds is 5. The van der Waals surface area contributed by atoms with Crippen molar-refractivity contribution in [2.75, 3.05) is 19.0 Å². The quantitative estimate of drug-likeness (QED) is 0.892. The van der Waals surface area contributed by atoms with E-state index >= 15 is 0 Å². The van der Waals surface area contributed by atoms with E-state index in [0.29, 0.717) is 19.0 Å². The summed E-state index contributed by atoms with van der Waals surface area (Å²) in [4.78, 5) is 13.1. The van der Waals surface area contributed by atoms with Gasteiger partial charge in [0.2, 0.25) is 0 Å². The highest BCUT2D eigenvalue weighted by Crippen LogP contribution is 2.20. The van der Waals surface area contributed by atoms with E-state index in [-0.39, 0.29) is 0 Å². The van der Waals surface area contributed by atoms with Crippen molar-refractivity contribution in [2.24, 2.45) is 0 Å². The fraction of sp³-hybridized carbons (Fsp3) is 0.357. The molecule has 2 aromatic heterocycles. The van der Waals surface area contributed by atoms with Crippen molar-refractivity contribution >= 4 is 5.82 Å². The lowest BCUT2D eigenvalue weighted by Crippen LogP contribution is -2.04. The summed E-state index contributed by atoms with van der Waals surface area (Å²) in [6.45, 7) is 5.03. The Labute approximate surface area is 113 Å². The molecule has 0 aliphatic heterocycles. The zero-order valence-electron chi connectivity index (χ0n) is 11.5. The van der Waals surface area contributed by atoms with E-state index in [1.807, 2.05) is 33.2 Å². The number of hydrogen-bond acceptors (Lipinski definition) is 5. The first kappa shape index (κ1) is 13.4. The second-order valence-corrected chi connectivity index (χ2v) is 4.19. The molecule has 0 aliphatic carbocycles. The van der Waals surface area contributed by atoms with E-state index in [9.17, 15) is 0 Å². The van der Waals surface area contributed by atoms with Crippen molar-refractivity contribution < 1.29 is 4.74 Å². The molecular weight excluding hydrogens is 240 g/mol. The van der Waals surface area contributed by atoms with Crippen LogP contribution >= 0.6 is 0 Å². The zero-order chi connectivity index (χ0) is 13.7. The van der Waals surface area contributed by atoms with Crippen LogP contribution in [0.2, 0.25) is 0 Å². The predicted molar refractivity (Wildman–Crippen MR) is 74.9 cm³/mol. The van der Waals surface area contributed by atoms with Gasteiger partial charge in [0.05, 0.1) is 5.69 Å². The maximum absolute atomic E-state index is 5.37. The van der Waals surface area contributed by atoms with Crippen LogP contribution in [0.15, 0.2) is 24.5 Å². The van der Waals surface area contributed by atoms with Crippen LogP contribution in [0.1, 0.15) is 18.3 Å². The van der Waals surface area contributed by atoms with Gasteiger partial charge in [0.15, 0.2) is 5.82 Å². The zero-order valence-corrected chi connectivity index (χ0v) is 11.5. The van der Waals surface area contributed by atoms with Gasteiger partial charge in [-0.15, -0.1) is 0 Å². The Balaban J connectivity index is 2.38. The molecule has 2 aromatic rings. The third kappa shape index (κ3) is 3.48. The van der Waals surface area contributed by atoms with Crippen molar-refractivity contribution in [2.45, 2.75) is 20.5 Å². The van der Waals surface area contributed by atoms with Crippen molar-refractivity contribution in [1.29, 1.82) is 0 Å². The van der Waals surface area contributed by atoms with Gasteiger partial charge < -0.3 is 10.1 Å². The van der Waals surface area contributed by atoms with E-state index in [0.717, 1.165) is 22.6 Å². The van der Waals surface area contributed by atoms with Crippen molar-refractivity contribution in [3.05, 3.63) is 35.9 Å². The molecule has 0 aromatic carbocycles. The molecule has 0 radical (unpaired) electrons. The molecule has 0 fully saturated rings. The van der Waals surface area contributed by atoms with Gasteiger partial charge in [-0.2, -0.15) is 0 Å². The number of hydrogen-bond donors (Lipinski definition) is 1. The van der Waals surface area contributed by atoms with E-state index in [1.165, 1.54) is 0 Å². The van der Waals surface area contributed by atoms with Crippen molar-refractivity contribution in [1.82, 2.24) is 15.0 Å². The predicted octanol–water partition coefficient (Wildman–Crippen LogP) is 2.43. The minimum Gasteiger partial charge on any atom is -0.374 e. The molecule has 0 saturated carbocycles. The van der Waals surface area contributed by atoms with Crippen LogP contribution in [0.3, 0.4) is 0 Å². The second-order valence-electron chi connectivity index (χ2n) is 4.19. The standard InChI is InChI=1S/C14H18N4O/c1-4-19-9-14-17-12(6-13(15-3)18-14)11-5-10(2)7-16-8-11/h5-8H,4,9H2,1-3H3,(H,15,17,18). The fourth-order valence-corrected chi connectivity index (χ4v) is 1.73. The minimum absolute atomic E-state index is 0.415. The lowest BCUT2D eigenvalue weighted by atomic mass is 10.1. The first-order valence-corrected chi connectivity index (χ1v) is 6.28. The van der Waals surface area contributed by atoms with Crippen molar-refractivity contribution in [3.63, 3.8) is 0 Å². The topological polar surface area (TPSA) is 59.9 Å². The summed E-state index contributed by atoms with van der Waals surface area (Å²) in [6, 6.07) is 3.96. The Morgan fingerprint density at radius 1 is 1.21 bits per heavy atom. The normalized spacial score (nSPS) is 10.5. The number of ether oxygens (including phenoxy) is 1. The molecule has 0 atom stereocenters. The summed E-state index contributed by atoms with van der Waals surface area (Å²) in [5.41, 5.74) is 2.94. The largest absolute Gasteiger partial charge is 0.374 e. The van der Waals surface area contributed by atoms with Crippen LogP contribution in [0.25, 0.3) is 11.3 Å². The van der Waals surface area contributed by atoms with Gasteiger partial charge in [0, 0.05) is 37.7 Å². The summed E-state index contributed by atoms with van der Waals surface area (Å²) in [6.07, 6.45) is 3.63. The molecule has 0 spiro atoms. The van der Waals surface area contributed by atoms with Gasteiger partial charge in [-0.3, -0.25) is 4.98 Å². The van der Waals surface area contributed by atoms with Crippen LogP contribution < -0.4 is 5.32 Å². The highest BCUT2D eigenvalue weighted by Gasteiger charge is 2.06. The lowest BCUT2D eigenvalue weighted by molar-refractivity contribution is 0.128. The average Bonchev–Trinajstić information content (AvgIpc) is 2.44. The van der Waals surface area contributed by atoms with E-state index in [2.05, 4.69) is 26.3 Å². The van der Waals surface area contributed by atoms with Crippen LogP contribution in [-0.2, 0) is 11.3 Å². The summed E-state index contributed by atoms with van der Waals surface area (Å²) in [5, 5.41) is 3.04. The molecule has 2 rings (SSSR count). The SMILES string of the molecule is CCOCc1nc(NC)cc(-c2cncc(C)c2)n1. The first-order chi connectivity index (χ1) is 9.22. The van der Waals surface area contributed by atoms with Gasteiger partial charge in [0.1, 0.15) is 12.4 Å². The van der Waals surface area contributed by atoms with Gasteiger partial charge in [0.25, 0.3) is 0 Å². The molecule has 100 valence electrons. The summed E-state index contributed by atoms with van der Waals surface area (Å²) in [7, 11) is 1.84. The molecule has 5 heteroatoms. The first-order valence-electron chi connectivity index (χ1n) is 6.28. The second kappa shape index (κ2) is 6.24. The van der Waals surface area contributed by atoms with Crippen LogP contribution in [0, 0.1) is 6.92 Å². The molecule has 5 nitrogen and oxygen atoms in total. The highest BCUT2D eigenvalue weighted by atomic mass is 16.5. The van der Waals surface area contributed by atoms with Gasteiger partial charge >= 0.3 is 0 Å². The molecule has 1 N–H and O–H groups in total. The third-order valence-corrected chi connectivity index (χ3v) is 2.63. The van der Waals surface area contributed by atoms with Crippen molar-refractivity contribution in [3.8, 4) is 11.3 Å². The van der Waals surface area contributed by atoms with E-state index in [4.69, 9.17) is 4.74 Å². The molecule has 19 heavy (non-hydrogen) atoms. The van der Waals surface area contributed by atoms with E-state index < -0.39 is 0 Å². The summed E-state index contributed by atoms with van der Waals surface area (Å²) >= 11 is 0. The van der Waals surface area contributed by atoms with Crippen LogP contribution in [0.5, 0.6) is 0 Å². The Morgan fingerprint density at radius 2 is 2.05 bits per heavy atom. The molecule has 0 bridgehead atoms. The Morgan fingerprint density at radius 3 is 2.74 bits per heavy atom. The fourth-order valence-electron chi connectivity index (χ4n) is 1.73. The Kier molecular flexibility index (Phi) is 4.41. The summed E-state index contributed by atoms with van der Waals surface area (Å²) in [5.74, 6) is 1.45. The summed E-state index contributed by atoms with van der Waals surface area (Å²) < 4.78 is 5.37. The average molecular weight is 258 g/mol. The minimum atomic E-state index is 0.415. The molecule has 2 heterocycles. The maximum atomic E-state index is 5.37. The van der Waals surface area contributed by atoms with Gasteiger partial charge in [-0.05, 0) is 25.5 Å². The molecule has 0 aliphatic rings. The third-order valence-electron chi connectivity index (χ3n) is 2.63. The van der Waals surface area contributed by atoms with Gasteiger partial charge in [-0.25, -0.2) is 9.97 Å². The number of aromatic nitrogens is 3. The molecule has 0 amide bonds. The number of nitrogens with zero attached hydrogens (tertiary/aromatic N) is 3. The molecular formula is C14H18N4O. The Hall–Kier alpha value is -2.01. The highest BCUT2D eigenvalue weighted by molar-refractivity contribution is 5.62. The number of nitrogens with one attached hydrogen (secondary N) is 1.